The molecule has 0 N–H and O–H groups in total. The van der Waals surface area contributed by atoms with Crippen LogP contribution in [0, 0.1) is 0 Å². The Morgan fingerprint density at radius 1 is 1.09 bits per heavy atom. The molecule has 2 heterocycles. The standard InChI is InChI=1S/C24H23N3O4S2/c1-3-31-19-9-12-21-22(15-19)32-24(26-21)27(16-18-6-4-5-13-25-18)23(28)14-17-7-10-20(11-8-17)33(2,29)30/h4-13,15H,3,14,16H2,1-2H3. The van der Waals surface area contributed by atoms with Gasteiger partial charge in [-0.2, -0.15) is 0 Å². The van der Waals surface area contributed by atoms with Gasteiger partial charge in [0, 0.05) is 12.5 Å². The van der Waals surface area contributed by atoms with E-state index in [-0.39, 0.29) is 23.8 Å². The average molecular weight is 482 g/mol. The van der Waals surface area contributed by atoms with Gasteiger partial charge in [-0.3, -0.25) is 14.7 Å². The molecule has 7 nitrogen and oxygen atoms in total. The average Bonchev–Trinajstić information content (AvgIpc) is 3.21. The predicted molar refractivity (Wildman–Crippen MR) is 129 cm³/mol. The lowest BCUT2D eigenvalue weighted by atomic mass is 10.1. The summed E-state index contributed by atoms with van der Waals surface area (Å²) in [6.07, 6.45) is 2.96. The van der Waals surface area contributed by atoms with Crippen molar-refractivity contribution < 1.29 is 17.9 Å². The Hall–Kier alpha value is -3.30. The van der Waals surface area contributed by atoms with Crippen LogP contribution in [0.3, 0.4) is 0 Å². The van der Waals surface area contributed by atoms with E-state index in [9.17, 15) is 13.2 Å². The molecule has 0 bridgehead atoms. The Kier molecular flexibility index (Phi) is 6.71. The van der Waals surface area contributed by atoms with E-state index in [1.54, 1.807) is 23.2 Å². The molecule has 0 radical (unpaired) electrons. The fourth-order valence-corrected chi connectivity index (χ4v) is 4.95. The van der Waals surface area contributed by atoms with Crippen LogP contribution in [0.25, 0.3) is 10.2 Å². The van der Waals surface area contributed by atoms with Crippen LogP contribution in [0.2, 0.25) is 0 Å². The fourth-order valence-electron chi connectivity index (χ4n) is 3.31. The van der Waals surface area contributed by atoms with Gasteiger partial charge in [0.1, 0.15) is 5.75 Å². The van der Waals surface area contributed by atoms with Crippen LogP contribution in [0.1, 0.15) is 18.2 Å². The third kappa shape index (κ3) is 5.55. The molecular formula is C24H23N3O4S2. The topological polar surface area (TPSA) is 89.5 Å². The van der Waals surface area contributed by atoms with Crippen molar-refractivity contribution in [2.75, 3.05) is 17.8 Å². The van der Waals surface area contributed by atoms with Crippen molar-refractivity contribution in [2.45, 2.75) is 24.8 Å². The first kappa shape index (κ1) is 22.9. The summed E-state index contributed by atoms with van der Waals surface area (Å²) in [4.78, 5) is 24.3. The number of hydrogen-bond donors (Lipinski definition) is 0. The van der Waals surface area contributed by atoms with Crippen molar-refractivity contribution in [1.82, 2.24) is 9.97 Å². The zero-order chi connectivity index (χ0) is 23.4. The molecular weight excluding hydrogens is 458 g/mol. The van der Waals surface area contributed by atoms with Gasteiger partial charge in [-0.1, -0.05) is 29.5 Å². The van der Waals surface area contributed by atoms with Gasteiger partial charge in [-0.05, 0) is 55.0 Å². The Morgan fingerprint density at radius 3 is 2.55 bits per heavy atom. The molecule has 4 aromatic rings. The second-order valence-electron chi connectivity index (χ2n) is 7.45. The maximum absolute atomic E-state index is 13.4. The molecule has 1 amide bonds. The minimum atomic E-state index is -3.29. The molecule has 170 valence electrons. The number of sulfone groups is 1. The predicted octanol–water partition coefficient (Wildman–Crippen LogP) is 4.27. The van der Waals surface area contributed by atoms with Crippen molar-refractivity contribution in [2.24, 2.45) is 0 Å². The fraction of sp³-hybridized carbons (Fsp3) is 0.208. The molecule has 0 atom stereocenters. The van der Waals surface area contributed by atoms with E-state index in [0.29, 0.717) is 11.7 Å². The van der Waals surface area contributed by atoms with Gasteiger partial charge < -0.3 is 4.74 Å². The number of benzene rings is 2. The molecule has 33 heavy (non-hydrogen) atoms. The van der Waals surface area contributed by atoms with Crippen molar-refractivity contribution in [3.63, 3.8) is 0 Å². The summed E-state index contributed by atoms with van der Waals surface area (Å²) >= 11 is 1.42. The molecule has 0 aliphatic rings. The van der Waals surface area contributed by atoms with Gasteiger partial charge in [0.15, 0.2) is 15.0 Å². The van der Waals surface area contributed by atoms with Crippen molar-refractivity contribution in [3.8, 4) is 5.75 Å². The number of ether oxygens (including phenoxy) is 1. The van der Waals surface area contributed by atoms with Crippen LogP contribution in [-0.4, -0.2) is 37.2 Å². The number of amides is 1. The van der Waals surface area contributed by atoms with Gasteiger partial charge in [0.05, 0.1) is 40.4 Å². The lowest BCUT2D eigenvalue weighted by molar-refractivity contribution is -0.118. The number of hydrogen-bond acceptors (Lipinski definition) is 7. The molecule has 9 heteroatoms. The molecule has 0 spiro atoms. The molecule has 0 fully saturated rings. The number of nitrogens with zero attached hydrogens (tertiary/aromatic N) is 3. The summed E-state index contributed by atoms with van der Waals surface area (Å²) in [6.45, 7) is 2.77. The quantitative estimate of drug-likeness (QED) is 0.373. The molecule has 4 rings (SSSR count). The lowest BCUT2D eigenvalue weighted by Crippen LogP contribution is -2.32. The van der Waals surface area contributed by atoms with Crippen LogP contribution in [-0.2, 0) is 27.6 Å². The molecule has 2 aromatic heterocycles. The number of aromatic nitrogens is 2. The molecule has 0 saturated carbocycles. The van der Waals surface area contributed by atoms with E-state index >= 15 is 0 Å². The highest BCUT2D eigenvalue weighted by Crippen LogP contribution is 2.32. The largest absolute Gasteiger partial charge is 0.494 e. The van der Waals surface area contributed by atoms with Gasteiger partial charge in [-0.15, -0.1) is 0 Å². The lowest BCUT2D eigenvalue weighted by Gasteiger charge is -2.19. The van der Waals surface area contributed by atoms with E-state index < -0.39 is 9.84 Å². The Bertz CT molecular complexity index is 1370. The van der Waals surface area contributed by atoms with E-state index in [2.05, 4.69) is 9.97 Å². The van der Waals surface area contributed by atoms with Crippen molar-refractivity contribution >= 4 is 42.4 Å². The smallest absolute Gasteiger partial charge is 0.233 e. The van der Waals surface area contributed by atoms with Crippen LogP contribution in [0.5, 0.6) is 5.75 Å². The second-order valence-corrected chi connectivity index (χ2v) is 10.5. The Morgan fingerprint density at radius 2 is 1.88 bits per heavy atom. The summed E-state index contributed by atoms with van der Waals surface area (Å²) in [5.74, 6) is 0.602. The summed E-state index contributed by atoms with van der Waals surface area (Å²) in [5, 5.41) is 0.571. The highest BCUT2D eigenvalue weighted by molar-refractivity contribution is 7.90. The minimum absolute atomic E-state index is 0.108. The zero-order valence-electron chi connectivity index (χ0n) is 18.3. The highest BCUT2D eigenvalue weighted by atomic mass is 32.2. The number of carbonyl (C=O) groups excluding carboxylic acids is 1. The number of anilines is 1. The monoisotopic (exact) mass is 481 g/mol. The third-order valence-corrected chi connectivity index (χ3v) is 7.11. The maximum atomic E-state index is 13.4. The van der Waals surface area contributed by atoms with Gasteiger partial charge in [0.2, 0.25) is 5.91 Å². The molecule has 0 unspecified atom stereocenters. The van der Waals surface area contributed by atoms with Gasteiger partial charge in [-0.25, -0.2) is 13.4 Å². The Balaban J connectivity index is 1.64. The number of pyridine rings is 1. The summed E-state index contributed by atoms with van der Waals surface area (Å²) in [6, 6.07) is 17.6. The van der Waals surface area contributed by atoms with E-state index in [1.807, 2.05) is 43.3 Å². The first-order valence-electron chi connectivity index (χ1n) is 10.4. The van der Waals surface area contributed by atoms with E-state index in [0.717, 1.165) is 33.5 Å². The first-order chi connectivity index (χ1) is 15.8. The van der Waals surface area contributed by atoms with Crippen molar-refractivity contribution in [3.05, 3.63) is 78.1 Å². The van der Waals surface area contributed by atoms with Crippen LogP contribution in [0.4, 0.5) is 5.13 Å². The Labute approximate surface area is 196 Å². The number of fused-ring (bicyclic) bond motifs is 1. The SMILES string of the molecule is CCOc1ccc2nc(N(Cc3ccccn3)C(=O)Cc3ccc(S(C)(=O)=O)cc3)sc2c1. The summed E-state index contributed by atoms with van der Waals surface area (Å²) in [7, 11) is -3.29. The minimum Gasteiger partial charge on any atom is -0.494 e. The van der Waals surface area contributed by atoms with Gasteiger partial charge >= 0.3 is 0 Å². The summed E-state index contributed by atoms with van der Waals surface area (Å²) in [5.41, 5.74) is 2.25. The third-order valence-electron chi connectivity index (χ3n) is 4.94. The number of carbonyl (C=O) groups is 1. The zero-order valence-corrected chi connectivity index (χ0v) is 19.9. The first-order valence-corrected chi connectivity index (χ1v) is 13.1. The highest BCUT2D eigenvalue weighted by Gasteiger charge is 2.21. The van der Waals surface area contributed by atoms with Gasteiger partial charge in [0.25, 0.3) is 0 Å². The number of rotatable bonds is 8. The number of thiazole rings is 1. The molecule has 0 aliphatic heterocycles. The van der Waals surface area contributed by atoms with Crippen LogP contribution >= 0.6 is 11.3 Å². The molecule has 2 aromatic carbocycles. The maximum Gasteiger partial charge on any atom is 0.233 e. The van der Waals surface area contributed by atoms with Crippen LogP contribution in [0.15, 0.2) is 71.8 Å². The summed E-state index contributed by atoms with van der Waals surface area (Å²) < 4.78 is 29.9. The molecule has 0 saturated heterocycles. The van der Waals surface area contributed by atoms with Crippen molar-refractivity contribution in [1.29, 1.82) is 0 Å². The van der Waals surface area contributed by atoms with E-state index in [4.69, 9.17) is 4.74 Å². The normalized spacial score (nSPS) is 11.5. The molecule has 0 aliphatic carbocycles. The van der Waals surface area contributed by atoms with Crippen LogP contribution < -0.4 is 9.64 Å². The van der Waals surface area contributed by atoms with E-state index in [1.165, 1.54) is 23.5 Å². The second kappa shape index (κ2) is 9.68.